The van der Waals surface area contributed by atoms with Gasteiger partial charge in [-0.2, -0.15) is 16.7 Å². The Morgan fingerprint density at radius 3 is 2.25 bits per heavy atom. The molecular formula is C51H76ClFN10O8S2. The van der Waals surface area contributed by atoms with Gasteiger partial charge in [-0.05, 0) is 90.9 Å². The number of aliphatic hydroxyl groups is 1. The molecule has 2 fully saturated rings. The summed E-state index contributed by atoms with van der Waals surface area (Å²) in [6.07, 6.45) is 4.02. The Morgan fingerprint density at radius 2 is 1.66 bits per heavy atom. The summed E-state index contributed by atoms with van der Waals surface area (Å²) in [6.45, 7) is 17.5. The number of piperazine rings is 1. The molecule has 5 N–H and O–H groups in total. The number of likely N-dealkylation sites (tertiary alicyclic amines) is 1. The quantitative estimate of drug-likeness (QED) is 0.0403. The third-order valence-electron chi connectivity index (χ3n) is 11.6. The molecule has 404 valence electrons. The summed E-state index contributed by atoms with van der Waals surface area (Å²) in [4.78, 5) is 67.6. The molecule has 73 heavy (non-hydrogen) atoms. The molecule has 6 rings (SSSR count). The van der Waals surface area contributed by atoms with Crippen LogP contribution in [-0.4, -0.2) is 188 Å². The largest absolute Gasteiger partial charge is 0.495 e. The molecule has 2 aliphatic rings. The summed E-state index contributed by atoms with van der Waals surface area (Å²) in [5.74, 6) is 2.07. The molecule has 22 heteroatoms. The number of carbonyl (C=O) groups excluding carboxylic acids is 4. The van der Waals surface area contributed by atoms with Crippen molar-refractivity contribution in [3.8, 4) is 16.2 Å². The molecule has 0 aliphatic carbocycles. The van der Waals surface area contributed by atoms with Gasteiger partial charge < -0.3 is 50.4 Å². The highest BCUT2D eigenvalue weighted by Gasteiger charge is 2.42. The van der Waals surface area contributed by atoms with Gasteiger partial charge in [-0.25, -0.2) is 14.4 Å². The summed E-state index contributed by atoms with van der Waals surface area (Å²) < 4.78 is 28.2. The molecule has 2 aromatic heterocycles. The lowest BCUT2D eigenvalue weighted by Crippen LogP contribution is -2.57. The number of halogens is 2. The van der Waals surface area contributed by atoms with Crippen LogP contribution in [0.5, 0.6) is 5.75 Å². The molecule has 0 bridgehead atoms. The fourth-order valence-electron chi connectivity index (χ4n) is 7.54. The van der Waals surface area contributed by atoms with Crippen molar-refractivity contribution in [2.24, 2.45) is 0 Å². The minimum Gasteiger partial charge on any atom is -0.495 e. The maximum absolute atomic E-state index is 13.8. The minimum atomic E-state index is -1.64. The van der Waals surface area contributed by atoms with E-state index in [1.165, 1.54) is 27.2 Å². The smallest absolute Gasteiger partial charge is 0.243 e. The number of rotatable bonds is 23. The fraction of sp³-hybridized carbons (Fsp3) is 0.549. The Morgan fingerprint density at radius 1 is 0.986 bits per heavy atom. The molecule has 2 atom stereocenters. The lowest BCUT2D eigenvalue weighted by molar-refractivity contribution is -0.140. The van der Waals surface area contributed by atoms with Crippen molar-refractivity contribution in [1.29, 1.82) is 0 Å². The molecule has 0 spiro atoms. The zero-order chi connectivity index (χ0) is 54.0. The van der Waals surface area contributed by atoms with E-state index in [-0.39, 0.29) is 22.8 Å². The molecule has 0 unspecified atom stereocenters. The number of nitrogens with zero attached hydrogens (tertiary/aromatic N) is 6. The van der Waals surface area contributed by atoms with Crippen molar-refractivity contribution >= 4 is 76.5 Å². The van der Waals surface area contributed by atoms with E-state index in [1.54, 1.807) is 53.2 Å². The highest BCUT2D eigenvalue weighted by Crippen LogP contribution is 2.32. The Balaban J connectivity index is 0.000000412. The van der Waals surface area contributed by atoms with Crippen LogP contribution in [0, 0.1) is 6.92 Å². The van der Waals surface area contributed by atoms with Gasteiger partial charge in [-0.1, -0.05) is 35.9 Å². The number of hydrogen-bond donors (Lipinski definition) is 5. The Bertz CT molecular complexity index is 2280. The van der Waals surface area contributed by atoms with Crippen molar-refractivity contribution in [1.82, 2.24) is 40.3 Å². The molecule has 0 radical (unpaired) electrons. The lowest BCUT2D eigenvalue weighted by Gasteiger charge is -2.36. The van der Waals surface area contributed by atoms with E-state index in [1.807, 2.05) is 31.6 Å². The number of benzene rings is 2. The topological polar surface area (TPSA) is 213 Å². The number of aldehydes is 2. The Kier molecular flexibility index (Phi) is 27.8. The van der Waals surface area contributed by atoms with E-state index in [2.05, 4.69) is 79.0 Å². The van der Waals surface area contributed by atoms with E-state index >= 15 is 0 Å². The van der Waals surface area contributed by atoms with Gasteiger partial charge in [0.05, 0.1) is 61.5 Å². The third-order valence-corrected chi connectivity index (χ3v) is 14.2. The third kappa shape index (κ3) is 21.1. The number of thiazole rings is 1. The van der Waals surface area contributed by atoms with Gasteiger partial charge in [0.15, 0.2) is 12.0 Å². The highest BCUT2D eigenvalue weighted by molar-refractivity contribution is 8.00. The summed E-state index contributed by atoms with van der Waals surface area (Å²) in [5.41, 5.74) is 4.58. The number of carbonyl (C=O) groups is 4. The summed E-state index contributed by atoms with van der Waals surface area (Å²) in [6, 6.07) is 12.4. The van der Waals surface area contributed by atoms with E-state index in [0.717, 1.165) is 86.6 Å². The van der Waals surface area contributed by atoms with E-state index < -0.39 is 17.8 Å². The SMILES string of the molecule is CC(C)(F)C=O.CN[C@H](C(=O)N1CCC[C@H]1C(=O)NCc1ccc(-c2scnc2C)cc1)C(C)(C)SCCOCCOCCN1CCN(C)CC1.CNc1nc(Nc2ccc(C=O)cc2OC)ncc1Cl.CO. The molecule has 2 amide bonds. The fourth-order valence-corrected chi connectivity index (χ4v) is 9.65. The predicted octanol–water partition coefficient (Wildman–Crippen LogP) is 6.38. The van der Waals surface area contributed by atoms with Crippen LogP contribution in [0.1, 0.15) is 62.2 Å². The predicted molar refractivity (Wildman–Crippen MR) is 291 cm³/mol. The highest BCUT2D eigenvalue weighted by atomic mass is 35.5. The van der Waals surface area contributed by atoms with Crippen LogP contribution in [0.4, 0.5) is 21.8 Å². The Labute approximate surface area is 443 Å². The number of methoxy groups -OCH3 is 1. The number of hydrogen-bond acceptors (Lipinski definition) is 18. The number of aromatic nitrogens is 3. The first-order valence-electron chi connectivity index (χ1n) is 24.1. The van der Waals surface area contributed by atoms with Crippen molar-refractivity contribution in [3.63, 3.8) is 0 Å². The molecule has 2 aromatic carbocycles. The van der Waals surface area contributed by atoms with Crippen LogP contribution < -0.4 is 26.0 Å². The van der Waals surface area contributed by atoms with Crippen LogP contribution >= 0.6 is 34.7 Å². The summed E-state index contributed by atoms with van der Waals surface area (Å²) in [5, 5.41) is 19.6. The molecular weight excluding hydrogens is 999 g/mol. The average Bonchev–Trinajstić information content (AvgIpc) is 4.07. The van der Waals surface area contributed by atoms with Gasteiger partial charge in [0, 0.05) is 76.0 Å². The van der Waals surface area contributed by atoms with Crippen LogP contribution in [-0.2, 0) is 30.4 Å². The summed E-state index contributed by atoms with van der Waals surface area (Å²) >= 11 is 9.26. The first-order valence-corrected chi connectivity index (χ1v) is 26.3. The lowest BCUT2D eigenvalue weighted by atomic mass is 10.0. The Hall–Kier alpha value is -4.84. The van der Waals surface area contributed by atoms with E-state index in [4.69, 9.17) is 30.9 Å². The molecule has 0 saturated carbocycles. The second-order valence-corrected chi connectivity index (χ2v) is 21.0. The maximum atomic E-state index is 13.8. The second-order valence-electron chi connectivity index (χ2n) is 17.9. The maximum Gasteiger partial charge on any atom is 0.243 e. The molecule has 18 nitrogen and oxygen atoms in total. The zero-order valence-corrected chi connectivity index (χ0v) is 46.4. The number of alkyl halides is 1. The van der Waals surface area contributed by atoms with Crippen molar-refractivity contribution < 1.29 is 42.9 Å². The average molecular weight is 1080 g/mol. The van der Waals surface area contributed by atoms with Gasteiger partial charge in [-0.3, -0.25) is 24.1 Å². The first kappa shape index (κ1) is 62.5. The molecule has 2 aliphatic heterocycles. The van der Waals surface area contributed by atoms with Crippen LogP contribution in [0.15, 0.2) is 54.2 Å². The van der Waals surface area contributed by atoms with Gasteiger partial charge in [-0.15, -0.1) is 11.3 Å². The zero-order valence-electron chi connectivity index (χ0n) is 44.0. The van der Waals surface area contributed by atoms with Gasteiger partial charge in [0.25, 0.3) is 0 Å². The van der Waals surface area contributed by atoms with E-state index in [9.17, 15) is 23.6 Å². The number of aliphatic hydroxyl groups excluding tert-OH is 1. The number of anilines is 3. The molecule has 4 aromatic rings. The monoisotopic (exact) mass is 1070 g/mol. The second kappa shape index (κ2) is 32.5. The minimum absolute atomic E-state index is 0.0217. The van der Waals surface area contributed by atoms with Crippen molar-refractivity contribution in [3.05, 3.63) is 76.0 Å². The van der Waals surface area contributed by atoms with Crippen molar-refractivity contribution in [2.75, 3.05) is 117 Å². The van der Waals surface area contributed by atoms with Crippen LogP contribution in [0.3, 0.4) is 0 Å². The number of ether oxygens (including phenoxy) is 3. The van der Waals surface area contributed by atoms with Gasteiger partial charge in [0.1, 0.15) is 35.0 Å². The van der Waals surface area contributed by atoms with Crippen LogP contribution in [0.2, 0.25) is 5.02 Å². The normalized spacial score (nSPS) is 15.3. The molecule has 4 heterocycles. The van der Waals surface area contributed by atoms with Crippen molar-refractivity contribution in [2.45, 2.75) is 76.5 Å². The number of thioether (sulfide) groups is 1. The van der Waals surface area contributed by atoms with Gasteiger partial charge >= 0.3 is 0 Å². The first-order chi connectivity index (χ1) is 34.9. The number of nitrogens with one attached hydrogen (secondary N) is 4. The molecule has 2 saturated heterocycles. The number of amides is 2. The van der Waals surface area contributed by atoms with Gasteiger partial charge in [0.2, 0.25) is 17.8 Å². The van der Waals surface area contributed by atoms with E-state index in [0.29, 0.717) is 73.1 Å². The standard InChI is InChI=1S/C33H52N6O4S2.C13H13ClN4O2.C4H7FO.CH4O/c1-25-29(44-24-36-25)27-10-8-26(9-11-27)23-35-31(40)28-7-6-12-39(28)32(41)30(34-4)33(2,3)45-22-21-43-20-19-42-18-17-38-15-13-37(5)14-16-38;1-15-12-9(14)6-16-13(18-12)17-10-4-3-8(7-19)5-11(10)20-2;1-4(2,5)3-6;1-2/h8-11,24,28,30,34H,6-7,12-23H2,1-5H3,(H,35,40);3-7H,1-2H3,(H2,15,16,17,18);3H,1-2H3;2H,1H3/t28-,30+;;;/m0.../s1. The number of likely N-dealkylation sites (N-methyl/N-ethyl adjacent to an activating group) is 2. The number of aryl methyl sites for hydroxylation is 1. The van der Waals surface area contributed by atoms with Crippen LogP contribution in [0.25, 0.3) is 10.4 Å². The summed E-state index contributed by atoms with van der Waals surface area (Å²) in [7, 11) is 8.23.